The Hall–Kier alpha value is -0.830. The third kappa shape index (κ3) is 2.84. The molecule has 0 amide bonds. The highest BCUT2D eigenvalue weighted by Gasteiger charge is 2.03. The maximum absolute atomic E-state index is 5.84. The molecular formula is C10H15NOS. The topological polar surface area (TPSA) is 35.2 Å². The summed E-state index contributed by atoms with van der Waals surface area (Å²) in [5.74, 6) is 0.811. The van der Waals surface area contributed by atoms with Crippen LogP contribution < -0.4 is 10.5 Å². The number of methoxy groups -OCH3 is 1. The SMILES string of the molecule is COc1ccc(SC(C)C)c(N)c1. The molecule has 0 bridgehead atoms. The van der Waals surface area contributed by atoms with Crippen LogP contribution in [0.4, 0.5) is 5.69 Å². The van der Waals surface area contributed by atoms with Crippen LogP contribution in [0.5, 0.6) is 5.75 Å². The standard InChI is InChI=1S/C10H15NOS/c1-7(2)13-10-5-4-8(12-3)6-9(10)11/h4-7H,11H2,1-3H3. The van der Waals surface area contributed by atoms with Gasteiger partial charge < -0.3 is 10.5 Å². The maximum atomic E-state index is 5.84. The van der Waals surface area contributed by atoms with Crippen LogP contribution in [0, 0.1) is 0 Å². The Morgan fingerprint density at radius 2 is 2.08 bits per heavy atom. The van der Waals surface area contributed by atoms with Gasteiger partial charge in [0.25, 0.3) is 0 Å². The van der Waals surface area contributed by atoms with Crippen LogP contribution in [0.2, 0.25) is 0 Å². The van der Waals surface area contributed by atoms with E-state index >= 15 is 0 Å². The zero-order valence-electron chi connectivity index (χ0n) is 8.20. The molecule has 2 nitrogen and oxygen atoms in total. The molecule has 0 atom stereocenters. The second-order valence-corrected chi connectivity index (χ2v) is 4.69. The molecule has 0 saturated carbocycles. The van der Waals surface area contributed by atoms with Crippen LogP contribution in [0.25, 0.3) is 0 Å². The average molecular weight is 197 g/mol. The largest absolute Gasteiger partial charge is 0.497 e. The number of nitrogens with two attached hydrogens (primary N) is 1. The first-order valence-corrected chi connectivity index (χ1v) is 5.11. The fraction of sp³-hybridized carbons (Fsp3) is 0.400. The molecule has 72 valence electrons. The molecule has 0 saturated heterocycles. The van der Waals surface area contributed by atoms with E-state index in [4.69, 9.17) is 10.5 Å². The Morgan fingerprint density at radius 3 is 2.54 bits per heavy atom. The van der Waals surface area contributed by atoms with Crippen LogP contribution in [0.15, 0.2) is 23.1 Å². The molecule has 0 spiro atoms. The van der Waals surface area contributed by atoms with E-state index in [2.05, 4.69) is 13.8 Å². The molecule has 2 N–H and O–H groups in total. The number of benzene rings is 1. The van der Waals surface area contributed by atoms with Gasteiger partial charge in [-0.2, -0.15) is 0 Å². The van der Waals surface area contributed by atoms with Gasteiger partial charge >= 0.3 is 0 Å². The Kier molecular flexibility index (Phi) is 3.48. The molecule has 1 rings (SSSR count). The highest BCUT2D eigenvalue weighted by molar-refractivity contribution is 8.00. The number of ether oxygens (including phenoxy) is 1. The fourth-order valence-electron chi connectivity index (χ4n) is 1.01. The molecule has 13 heavy (non-hydrogen) atoms. The van der Waals surface area contributed by atoms with Gasteiger partial charge in [-0.25, -0.2) is 0 Å². The first-order chi connectivity index (χ1) is 6.13. The van der Waals surface area contributed by atoms with Crippen molar-refractivity contribution in [2.75, 3.05) is 12.8 Å². The summed E-state index contributed by atoms with van der Waals surface area (Å²) in [5, 5.41) is 0.552. The molecule has 1 aromatic carbocycles. The van der Waals surface area contributed by atoms with Gasteiger partial charge in [-0.3, -0.25) is 0 Å². The first kappa shape index (κ1) is 10.3. The highest BCUT2D eigenvalue weighted by Crippen LogP contribution is 2.30. The van der Waals surface area contributed by atoms with E-state index in [1.165, 1.54) is 0 Å². The van der Waals surface area contributed by atoms with Crippen molar-refractivity contribution in [3.05, 3.63) is 18.2 Å². The minimum Gasteiger partial charge on any atom is -0.497 e. The number of rotatable bonds is 3. The lowest BCUT2D eigenvalue weighted by molar-refractivity contribution is 0.415. The van der Waals surface area contributed by atoms with Gasteiger partial charge in [0.1, 0.15) is 5.75 Å². The number of anilines is 1. The van der Waals surface area contributed by atoms with Gasteiger partial charge in [-0.1, -0.05) is 13.8 Å². The molecule has 0 fully saturated rings. The smallest absolute Gasteiger partial charge is 0.120 e. The van der Waals surface area contributed by atoms with Gasteiger partial charge in [0, 0.05) is 21.9 Å². The zero-order chi connectivity index (χ0) is 9.84. The van der Waals surface area contributed by atoms with Crippen LogP contribution in [0.1, 0.15) is 13.8 Å². The lowest BCUT2D eigenvalue weighted by atomic mass is 10.3. The molecule has 1 aromatic rings. The maximum Gasteiger partial charge on any atom is 0.120 e. The van der Waals surface area contributed by atoms with E-state index in [0.717, 1.165) is 16.3 Å². The van der Waals surface area contributed by atoms with Crippen molar-refractivity contribution in [1.29, 1.82) is 0 Å². The number of nitrogen functional groups attached to an aromatic ring is 1. The summed E-state index contributed by atoms with van der Waals surface area (Å²) < 4.78 is 5.07. The van der Waals surface area contributed by atoms with Gasteiger partial charge in [-0.15, -0.1) is 11.8 Å². The van der Waals surface area contributed by atoms with Gasteiger partial charge in [0.2, 0.25) is 0 Å². The van der Waals surface area contributed by atoms with Crippen LogP contribution in [0.3, 0.4) is 0 Å². The third-order valence-electron chi connectivity index (χ3n) is 1.58. The number of hydrogen-bond acceptors (Lipinski definition) is 3. The van der Waals surface area contributed by atoms with E-state index in [9.17, 15) is 0 Å². The summed E-state index contributed by atoms with van der Waals surface area (Å²) >= 11 is 1.76. The summed E-state index contributed by atoms with van der Waals surface area (Å²) in [4.78, 5) is 1.12. The summed E-state index contributed by atoms with van der Waals surface area (Å²) in [6, 6.07) is 5.78. The Labute approximate surface area is 83.5 Å². The van der Waals surface area contributed by atoms with Crippen molar-refractivity contribution in [2.45, 2.75) is 24.0 Å². The first-order valence-electron chi connectivity index (χ1n) is 4.23. The van der Waals surface area contributed by atoms with Crippen molar-refractivity contribution < 1.29 is 4.74 Å². The molecule has 0 aliphatic heterocycles. The van der Waals surface area contributed by atoms with Crippen molar-refractivity contribution >= 4 is 17.4 Å². The molecule has 0 radical (unpaired) electrons. The summed E-state index contributed by atoms with van der Waals surface area (Å²) in [7, 11) is 1.64. The molecular weight excluding hydrogens is 182 g/mol. The van der Waals surface area contributed by atoms with E-state index in [1.54, 1.807) is 18.9 Å². The van der Waals surface area contributed by atoms with Crippen molar-refractivity contribution in [2.24, 2.45) is 0 Å². The predicted molar refractivity (Wildman–Crippen MR) is 58.4 cm³/mol. The van der Waals surface area contributed by atoms with Crippen molar-refractivity contribution in [1.82, 2.24) is 0 Å². The van der Waals surface area contributed by atoms with E-state index in [1.807, 2.05) is 18.2 Å². The molecule has 0 aromatic heterocycles. The van der Waals surface area contributed by atoms with Gasteiger partial charge in [0.15, 0.2) is 0 Å². The second-order valence-electron chi connectivity index (χ2n) is 3.07. The third-order valence-corrected chi connectivity index (χ3v) is 2.68. The number of thioether (sulfide) groups is 1. The summed E-state index contributed by atoms with van der Waals surface area (Å²) in [5.41, 5.74) is 6.63. The molecule has 0 unspecified atom stereocenters. The van der Waals surface area contributed by atoms with Crippen molar-refractivity contribution in [3.63, 3.8) is 0 Å². The lowest BCUT2D eigenvalue weighted by Crippen LogP contribution is -1.93. The minimum atomic E-state index is 0.552. The Balaban J connectivity index is 2.85. The van der Waals surface area contributed by atoms with E-state index in [0.29, 0.717) is 5.25 Å². The van der Waals surface area contributed by atoms with E-state index in [-0.39, 0.29) is 0 Å². The quantitative estimate of drug-likeness (QED) is 0.598. The van der Waals surface area contributed by atoms with E-state index < -0.39 is 0 Å². The minimum absolute atomic E-state index is 0.552. The highest BCUT2D eigenvalue weighted by atomic mass is 32.2. The lowest BCUT2D eigenvalue weighted by Gasteiger charge is -2.09. The van der Waals surface area contributed by atoms with Crippen molar-refractivity contribution in [3.8, 4) is 5.75 Å². The fourth-order valence-corrected chi connectivity index (χ4v) is 1.86. The normalized spacial score (nSPS) is 10.5. The predicted octanol–water partition coefficient (Wildman–Crippen LogP) is 2.78. The average Bonchev–Trinajstić information content (AvgIpc) is 2.08. The molecule has 0 aliphatic carbocycles. The monoisotopic (exact) mass is 197 g/mol. The number of hydrogen-bond donors (Lipinski definition) is 1. The van der Waals surface area contributed by atoms with Crippen LogP contribution >= 0.6 is 11.8 Å². The second kappa shape index (κ2) is 4.42. The zero-order valence-corrected chi connectivity index (χ0v) is 9.02. The summed E-state index contributed by atoms with van der Waals surface area (Å²) in [6.45, 7) is 4.29. The van der Waals surface area contributed by atoms with Crippen LogP contribution in [-0.2, 0) is 0 Å². The van der Waals surface area contributed by atoms with Gasteiger partial charge in [-0.05, 0) is 12.1 Å². The molecule has 3 heteroatoms. The Bertz CT molecular complexity index is 286. The summed E-state index contributed by atoms with van der Waals surface area (Å²) in [6.07, 6.45) is 0. The molecule has 0 aliphatic rings. The Morgan fingerprint density at radius 1 is 1.38 bits per heavy atom. The van der Waals surface area contributed by atoms with Crippen LogP contribution in [-0.4, -0.2) is 12.4 Å². The molecule has 0 heterocycles. The van der Waals surface area contributed by atoms with Gasteiger partial charge in [0.05, 0.1) is 7.11 Å².